The first-order chi connectivity index (χ1) is 7.29. The van der Waals surface area contributed by atoms with Gasteiger partial charge >= 0.3 is 11.9 Å². The molecule has 4 heteroatoms. The maximum atomic E-state index is 11.4. The van der Waals surface area contributed by atoms with E-state index in [9.17, 15) is 9.59 Å². The lowest BCUT2D eigenvalue weighted by molar-refractivity contribution is -0.153. The Balaban J connectivity index is 4.44. The zero-order chi connectivity index (χ0) is 12.8. The molecule has 16 heavy (non-hydrogen) atoms. The smallest absolute Gasteiger partial charge is 0.328 e. The normalized spacial score (nSPS) is 12.4. The zero-order valence-electron chi connectivity index (χ0n) is 10.4. The van der Waals surface area contributed by atoms with Crippen LogP contribution in [0.4, 0.5) is 0 Å². The molecule has 1 N–H and O–H groups in total. The molecule has 0 aromatic carbocycles. The summed E-state index contributed by atoms with van der Waals surface area (Å²) in [5.41, 5.74) is -0.340. The van der Waals surface area contributed by atoms with Crippen molar-refractivity contribution in [3.05, 3.63) is 11.6 Å². The number of carboxylic acid groups (broad SMARTS) is 1. The summed E-state index contributed by atoms with van der Waals surface area (Å²) in [7, 11) is 0. The van der Waals surface area contributed by atoms with E-state index in [1.165, 1.54) is 0 Å². The number of carboxylic acids is 1. The largest absolute Gasteiger partial charge is 0.478 e. The van der Waals surface area contributed by atoms with Crippen molar-refractivity contribution in [1.82, 2.24) is 0 Å². The van der Waals surface area contributed by atoms with Crippen LogP contribution in [0.5, 0.6) is 0 Å². The Kier molecular flexibility index (Phi) is 5.78. The number of carbonyl (C=O) groups is 2. The Morgan fingerprint density at radius 3 is 2.38 bits per heavy atom. The minimum absolute atomic E-state index is 0.287. The van der Waals surface area contributed by atoms with Gasteiger partial charge in [-0.25, -0.2) is 4.79 Å². The van der Waals surface area contributed by atoms with Gasteiger partial charge in [-0.3, -0.25) is 4.79 Å². The Hall–Kier alpha value is -1.32. The summed E-state index contributed by atoms with van der Waals surface area (Å²) in [6.45, 7) is 7.01. The van der Waals surface area contributed by atoms with Gasteiger partial charge in [-0.1, -0.05) is 13.3 Å². The molecule has 0 aromatic rings. The molecule has 0 unspecified atom stereocenters. The first-order valence-corrected chi connectivity index (χ1v) is 5.43. The highest BCUT2D eigenvalue weighted by molar-refractivity contribution is 5.81. The number of carbonyl (C=O) groups excluding carboxylic acids is 1. The molecule has 0 rings (SSSR count). The van der Waals surface area contributed by atoms with Gasteiger partial charge in [0.05, 0.1) is 0 Å². The molecule has 0 heterocycles. The Morgan fingerprint density at radius 2 is 1.94 bits per heavy atom. The molecule has 0 amide bonds. The molecule has 0 spiro atoms. The van der Waals surface area contributed by atoms with Crippen molar-refractivity contribution in [2.45, 2.75) is 52.6 Å². The van der Waals surface area contributed by atoms with Gasteiger partial charge in [0.1, 0.15) is 5.60 Å². The summed E-state index contributed by atoms with van der Waals surface area (Å²) >= 11 is 0. The summed E-state index contributed by atoms with van der Waals surface area (Å²) in [5.74, 6) is -1.32. The summed E-state index contributed by atoms with van der Waals surface area (Å²) in [4.78, 5) is 21.9. The fraction of sp³-hybridized carbons (Fsp3) is 0.667. The molecule has 0 aliphatic heterocycles. The van der Waals surface area contributed by atoms with Crippen LogP contribution in [0, 0.1) is 0 Å². The molecule has 0 fully saturated rings. The average molecular weight is 228 g/mol. The summed E-state index contributed by atoms with van der Waals surface area (Å²) in [6, 6.07) is 0. The van der Waals surface area contributed by atoms with Gasteiger partial charge in [0.25, 0.3) is 0 Å². The monoisotopic (exact) mass is 228 g/mol. The summed E-state index contributed by atoms with van der Waals surface area (Å²) in [6.07, 6.45) is 3.16. The predicted octanol–water partition coefficient (Wildman–Crippen LogP) is 2.53. The quantitative estimate of drug-likeness (QED) is 0.560. The SMILES string of the molecule is CCCCC(=O)OC(C)(C)/C(C)=C/C(=O)O. The number of hydrogen-bond donors (Lipinski definition) is 1. The molecule has 0 aromatic heterocycles. The van der Waals surface area contributed by atoms with E-state index in [0.717, 1.165) is 18.9 Å². The molecule has 4 nitrogen and oxygen atoms in total. The molecule has 0 radical (unpaired) electrons. The maximum Gasteiger partial charge on any atom is 0.328 e. The maximum absolute atomic E-state index is 11.4. The third-order valence-electron chi connectivity index (χ3n) is 2.39. The first kappa shape index (κ1) is 14.7. The highest BCUT2D eigenvalue weighted by Gasteiger charge is 2.25. The second-order valence-electron chi connectivity index (χ2n) is 4.25. The van der Waals surface area contributed by atoms with Crippen molar-refractivity contribution in [3.63, 3.8) is 0 Å². The zero-order valence-corrected chi connectivity index (χ0v) is 10.4. The Bertz CT molecular complexity index is 289. The van der Waals surface area contributed by atoms with Crippen molar-refractivity contribution in [1.29, 1.82) is 0 Å². The van der Waals surface area contributed by atoms with Gasteiger partial charge in [0.15, 0.2) is 0 Å². The van der Waals surface area contributed by atoms with Crippen molar-refractivity contribution < 1.29 is 19.4 Å². The highest BCUT2D eigenvalue weighted by Crippen LogP contribution is 2.21. The topological polar surface area (TPSA) is 63.6 Å². The van der Waals surface area contributed by atoms with E-state index in [1.54, 1.807) is 20.8 Å². The molecule has 0 saturated heterocycles. The summed E-state index contributed by atoms with van der Waals surface area (Å²) in [5, 5.41) is 8.61. The van der Waals surface area contributed by atoms with Crippen LogP contribution in [-0.2, 0) is 14.3 Å². The fourth-order valence-electron chi connectivity index (χ4n) is 1.10. The van der Waals surface area contributed by atoms with Crippen LogP contribution < -0.4 is 0 Å². The number of ether oxygens (including phenoxy) is 1. The van der Waals surface area contributed by atoms with E-state index in [1.807, 2.05) is 6.92 Å². The van der Waals surface area contributed by atoms with E-state index in [-0.39, 0.29) is 5.97 Å². The van der Waals surface area contributed by atoms with E-state index in [4.69, 9.17) is 9.84 Å². The van der Waals surface area contributed by atoms with Gasteiger partial charge in [0.2, 0.25) is 0 Å². The van der Waals surface area contributed by atoms with E-state index in [0.29, 0.717) is 12.0 Å². The minimum Gasteiger partial charge on any atom is -0.478 e. The van der Waals surface area contributed by atoms with Crippen LogP contribution in [0.25, 0.3) is 0 Å². The van der Waals surface area contributed by atoms with E-state index in [2.05, 4.69) is 0 Å². The fourth-order valence-corrected chi connectivity index (χ4v) is 1.10. The van der Waals surface area contributed by atoms with Crippen LogP contribution in [0.2, 0.25) is 0 Å². The van der Waals surface area contributed by atoms with Gasteiger partial charge in [-0.05, 0) is 32.8 Å². The third kappa shape index (κ3) is 5.53. The van der Waals surface area contributed by atoms with Crippen LogP contribution in [0.3, 0.4) is 0 Å². The molecular formula is C12H20O4. The lowest BCUT2D eigenvalue weighted by atomic mass is 9.99. The van der Waals surface area contributed by atoms with Crippen LogP contribution >= 0.6 is 0 Å². The van der Waals surface area contributed by atoms with E-state index < -0.39 is 11.6 Å². The number of aliphatic carboxylic acids is 1. The van der Waals surface area contributed by atoms with Crippen molar-refractivity contribution >= 4 is 11.9 Å². The second kappa shape index (κ2) is 6.30. The molecular weight excluding hydrogens is 208 g/mol. The Labute approximate surface area is 96.3 Å². The van der Waals surface area contributed by atoms with Gasteiger partial charge in [-0.2, -0.15) is 0 Å². The van der Waals surface area contributed by atoms with Gasteiger partial charge in [0, 0.05) is 12.5 Å². The standard InChI is InChI=1S/C12H20O4/c1-5-6-7-11(15)16-12(3,4)9(2)8-10(13)14/h8H,5-7H2,1-4H3,(H,13,14)/b9-8+. The van der Waals surface area contributed by atoms with E-state index >= 15 is 0 Å². The lowest BCUT2D eigenvalue weighted by Gasteiger charge is -2.26. The minimum atomic E-state index is -1.03. The predicted molar refractivity (Wildman–Crippen MR) is 61.1 cm³/mol. The molecule has 0 atom stereocenters. The van der Waals surface area contributed by atoms with Crippen molar-refractivity contribution in [3.8, 4) is 0 Å². The molecule has 0 saturated carbocycles. The highest BCUT2D eigenvalue weighted by atomic mass is 16.6. The molecule has 0 bridgehead atoms. The number of esters is 1. The molecule has 0 aliphatic carbocycles. The Morgan fingerprint density at radius 1 is 1.38 bits per heavy atom. The van der Waals surface area contributed by atoms with Gasteiger partial charge < -0.3 is 9.84 Å². The van der Waals surface area contributed by atoms with Crippen LogP contribution in [0.15, 0.2) is 11.6 Å². The number of rotatable bonds is 6. The average Bonchev–Trinajstić information content (AvgIpc) is 2.12. The number of unbranched alkanes of at least 4 members (excludes halogenated alkanes) is 1. The number of hydrogen-bond acceptors (Lipinski definition) is 3. The van der Waals surface area contributed by atoms with Crippen molar-refractivity contribution in [2.24, 2.45) is 0 Å². The lowest BCUT2D eigenvalue weighted by Crippen LogP contribution is -2.29. The molecule has 0 aliphatic rings. The third-order valence-corrected chi connectivity index (χ3v) is 2.39. The van der Waals surface area contributed by atoms with Crippen LogP contribution in [0.1, 0.15) is 47.0 Å². The van der Waals surface area contributed by atoms with Crippen LogP contribution in [-0.4, -0.2) is 22.6 Å². The van der Waals surface area contributed by atoms with Gasteiger partial charge in [-0.15, -0.1) is 0 Å². The summed E-state index contributed by atoms with van der Waals surface area (Å²) < 4.78 is 5.23. The second-order valence-corrected chi connectivity index (χ2v) is 4.25. The molecule has 92 valence electrons. The first-order valence-electron chi connectivity index (χ1n) is 5.43. The van der Waals surface area contributed by atoms with Crippen molar-refractivity contribution in [2.75, 3.05) is 0 Å².